The molecule has 0 bridgehead atoms. The van der Waals surface area contributed by atoms with Gasteiger partial charge in [0.2, 0.25) is 5.91 Å². The van der Waals surface area contributed by atoms with E-state index in [0.717, 1.165) is 13.0 Å². The Kier molecular flexibility index (Phi) is 7.06. The molecule has 0 aliphatic rings. The summed E-state index contributed by atoms with van der Waals surface area (Å²) in [6, 6.07) is 10.3. The zero-order valence-corrected chi connectivity index (χ0v) is 13.2. The molecule has 110 valence electrons. The minimum absolute atomic E-state index is 0.158. The highest BCUT2D eigenvalue weighted by Crippen LogP contribution is 2.13. The predicted molar refractivity (Wildman–Crippen MR) is 86.4 cm³/mol. The summed E-state index contributed by atoms with van der Waals surface area (Å²) in [6.45, 7) is 9.75. The highest BCUT2D eigenvalue weighted by Gasteiger charge is 2.07. The van der Waals surface area contributed by atoms with Crippen molar-refractivity contribution in [1.82, 2.24) is 4.90 Å². The first-order chi connectivity index (χ1) is 9.50. The first-order valence-electron chi connectivity index (χ1n) is 7.48. The zero-order chi connectivity index (χ0) is 15.0. The van der Waals surface area contributed by atoms with Gasteiger partial charge in [0, 0.05) is 20.0 Å². The van der Waals surface area contributed by atoms with Gasteiger partial charge < -0.3 is 4.90 Å². The minimum Gasteiger partial charge on any atom is -0.339 e. The average Bonchev–Trinajstić information content (AvgIpc) is 2.42. The van der Waals surface area contributed by atoms with Gasteiger partial charge in [-0.25, -0.2) is 0 Å². The third kappa shape index (κ3) is 6.05. The number of allylic oxidation sites excluding steroid dienone is 1. The number of hydrogen-bond acceptors (Lipinski definition) is 1. The van der Waals surface area contributed by atoms with E-state index < -0.39 is 0 Å². The second-order valence-corrected chi connectivity index (χ2v) is 5.75. The van der Waals surface area contributed by atoms with Crippen LogP contribution in [0.1, 0.15) is 46.1 Å². The van der Waals surface area contributed by atoms with Gasteiger partial charge in [-0.1, -0.05) is 50.3 Å². The van der Waals surface area contributed by atoms with E-state index in [0.29, 0.717) is 12.5 Å². The van der Waals surface area contributed by atoms with Crippen molar-refractivity contribution in [2.75, 3.05) is 13.1 Å². The van der Waals surface area contributed by atoms with Crippen LogP contribution in [0.2, 0.25) is 0 Å². The highest BCUT2D eigenvalue weighted by molar-refractivity contribution is 5.74. The fourth-order valence-corrected chi connectivity index (χ4v) is 2.13. The van der Waals surface area contributed by atoms with E-state index in [1.165, 1.54) is 17.6 Å². The van der Waals surface area contributed by atoms with Gasteiger partial charge in [0.25, 0.3) is 0 Å². The SMILES string of the molecule is CC(=O)N(C/C=C(\C)c1ccccc1)CCCC(C)C. The summed E-state index contributed by atoms with van der Waals surface area (Å²) < 4.78 is 0. The van der Waals surface area contributed by atoms with E-state index in [1.54, 1.807) is 6.92 Å². The maximum absolute atomic E-state index is 11.7. The van der Waals surface area contributed by atoms with Crippen LogP contribution in [0.25, 0.3) is 5.57 Å². The van der Waals surface area contributed by atoms with Gasteiger partial charge in [-0.3, -0.25) is 4.79 Å². The second kappa shape index (κ2) is 8.57. The molecule has 0 N–H and O–H groups in total. The van der Waals surface area contributed by atoms with Gasteiger partial charge in [0.05, 0.1) is 0 Å². The molecule has 0 spiro atoms. The molecular formula is C18H27NO. The van der Waals surface area contributed by atoms with Crippen LogP contribution >= 0.6 is 0 Å². The monoisotopic (exact) mass is 273 g/mol. The van der Waals surface area contributed by atoms with Crippen molar-refractivity contribution in [3.63, 3.8) is 0 Å². The molecule has 2 nitrogen and oxygen atoms in total. The molecule has 0 aromatic heterocycles. The van der Waals surface area contributed by atoms with Crippen LogP contribution in [0, 0.1) is 5.92 Å². The molecular weight excluding hydrogens is 246 g/mol. The van der Waals surface area contributed by atoms with Crippen molar-refractivity contribution in [2.45, 2.75) is 40.5 Å². The van der Waals surface area contributed by atoms with Crippen LogP contribution in [0.15, 0.2) is 36.4 Å². The van der Waals surface area contributed by atoms with Crippen molar-refractivity contribution in [3.05, 3.63) is 42.0 Å². The normalized spacial score (nSPS) is 11.8. The van der Waals surface area contributed by atoms with Crippen molar-refractivity contribution < 1.29 is 4.79 Å². The predicted octanol–water partition coefficient (Wildman–Crippen LogP) is 4.37. The molecule has 0 aliphatic carbocycles. The number of hydrogen-bond donors (Lipinski definition) is 0. The summed E-state index contributed by atoms with van der Waals surface area (Å²) in [5, 5.41) is 0. The van der Waals surface area contributed by atoms with Crippen LogP contribution in [0.5, 0.6) is 0 Å². The third-order valence-corrected chi connectivity index (χ3v) is 3.50. The summed E-state index contributed by atoms with van der Waals surface area (Å²) in [5.41, 5.74) is 2.44. The average molecular weight is 273 g/mol. The van der Waals surface area contributed by atoms with E-state index >= 15 is 0 Å². The Bertz CT molecular complexity index is 434. The largest absolute Gasteiger partial charge is 0.339 e. The Hall–Kier alpha value is -1.57. The van der Waals surface area contributed by atoms with Crippen LogP contribution in [0.4, 0.5) is 0 Å². The first-order valence-corrected chi connectivity index (χ1v) is 7.48. The molecule has 1 rings (SSSR count). The van der Waals surface area contributed by atoms with E-state index in [-0.39, 0.29) is 5.91 Å². The number of amides is 1. The van der Waals surface area contributed by atoms with Crippen LogP contribution in [-0.2, 0) is 4.79 Å². The topological polar surface area (TPSA) is 20.3 Å². The maximum atomic E-state index is 11.7. The molecule has 1 aromatic rings. The number of carbonyl (C=O) groups excluding carboxylic acids is 1. The molecule has 2 heteroatoms. The minimum atomic E-state index is 0.158. The number of carbonyl (C=O) groups is 1. The van der Waals surface area contributed by atoms with E-state index in [1.807, 2.05) is 23.1 Å². The molecule has 0 saturated carbocycles. The molecule has 0 saturated heterocycles. The Morgan fingerprint density at radius 3 is 2.40 bits per heavy atom. The third-order valence-electron chi connectivity index (χ3n) is 3.50. The maximum Gasteiger partial charge on any atom is 0.219 e. The quantitative estimate of drug-likeness (QED) is 0.722. The van der Waals surface area contributed by atoms with Gasteiger partial charge in [-0.15, -0.1) is 0 Å². The standard InChI is InChI=1S/C18H27NO/c1-15(2)9-8-13-19(17(4)20)14-12-16(3)18-10-6-5-7-11-18/h5-7,10-12,15H,8-9,13-14H2,1-4H3/b16-12+. The molecule has 0 aliphatic heterocycles. The lowest BCUT2D eigenvalue weighted by atomic mass is 10.1. The lowest BCUT2D eigenvalue weighted by Gasteiger charge is -2.20. The van der Waals surface area contributed by atoms with Crippen molar-refractivity contribution in [2.24, 2.45) is 5.92 Å². The van der Waals surface area contributed by atoms with Gasteiger partial charge in [-0.2, -0.15) is 0 Å². The van der Waals surface area contributed by atoms with Crippen LogP contribution in [-0.4, -0.2) is 23.9 Å². The van der Waals surface area contributed by atoms with Gasteiger partial charge in [0.1, 0.15) is 0 Å². The Labute approximate surface area is 123 Å². The molecule has 1 aromatic carbocycles. The zero-order valence-electron chi connectivity index (χ0n) is 13.2. The van der Waals surface area contributed by atoms with Crippen molar-refractivity contribution >= 4 is 11.5 Å². The first kappa shape index (κ1) is 16.5. The molecule has 0 heterocycles. The molecule has 0 atom stereocenters. The molecule has 0 radical (unpaired) electrons. The summed E-state index contributed by atoms with van der Waals surface area (Å²) in [4.78, 5) is 13.6. The lowest BCUT2D eigenvalue weighted by molar-refractivity contribution is -0.128. The van der Waals surface area contributed by atoms with Crippen molar-refractivity contribution in [1.29, 1.82) is 0 Å². The van der Waals surface area contributed by atoms with Crippen LogP contribution < -0.4 is 0 Å². The fourth-order valence-electron chi connectivity index (χ4n) is 2.13. The van der Waals surface area contributed by atoms with E-state index in [4.69, 9.17) is 0 Å². The molecule has 1 amide bonds. The van der Waals surface area contributed by atoms with Gasteiger partial charge in [-0.05, 0) is 36.8 Å². The molecule has 20 heavy (non-hydrogen) atoms. The Morgan fingerprint density at radius 1 is 1.20 bits per heavy atom. The summed E-state index contributed by atoms with van der Waals surface area (Å²) >= 11 is 0. The summed E-state index contributed by atoms with van der Waals surface area (Å²) in [5.74, 6) is 0.858. The number of benzene rings is 1. The fraction of sp³-hybridized carbons (Fsp3) is 0.500. The number of nitrogens with zero attached hydrogens (tertiary/aromatic N) is 1. The van der Waals surface area contributed by atoms with Crippen LogP contribution in [0.3, 0.4) is 0 Å². The second-order valence-electron chi connectivity index (χ2n) is 5.75. The molecule has 0 unspecified atom stereocenters. The Morgan fingerprint density at radius 2 is 1.85 bits per heavy atom. The summed E-state index contributed by atoms with van der Waals surface area (Å²) in [7, 11) is 0. The number of rotatable bonds is 7. The van der Waals surface area contributed by atoms with Gasteiger partial charge in [0.15, 0.2) is 0 Å². The van der Waals surface area contributed by atoms with E-state index in [9.17, 15) is 4.79 Å². The Balaban J connectivity index is 2.56. The van der Waals surface area contributed by atoms with E-state index in [2.05, 4.69) is 39.0 Å². The summed E-state index contributed by atoms with van der Waals surface area (Å²) in [6.07, 6.45) is 4.40. The molecule has 0 fully saturated rings. The smallest absolute Gasteiger partial charge is 0.219 e. The van der Waals surface area contributed by atoms with Crippen molar-refractivity contribution in [3.8, 4) is 0 Å². The van der Waals surface area contributed by atoms with Gasteiger partial charge >= 0.3 is 0 Å². The highest BCUT2D eigenvalue weighted by atomic mass is 16.2. The lowest BCUT2D eigenvalue weighted by Crippen LogP contribution is -2.30.